The van der Waals surface area contributed by atoms with Crippen molar-refractivity contribution in [2.75, 3.05) is 7.05 Å². The number of hydrogen-bond donors (Lipinski definition) is 2. The molecule has 0 saturated carbocycles. The monoisotopic (exact) mass is 310 g/mol. The number of carbonyl (C=O) groups is 1. The molecule has 0 aliphatic heterocycles. The van der Waals surface area contributed by atoms with Gasteiger partial charge in [-0.25, -0.2) is 18.2 Å². The molecule has 0 amide bonds. The summed E-state index contributed by atoms with van der Waals surface area (Å²) >= 11 is 0. The third kappa shape index (κ3) is 2.93. The number of sulfonamides is 1. The van der Waals surface area contributed by atoms with Gasteiger partial charge in [-0.15, -0.1) is 0 Å². The van der Waals surface area contributed by atoms with Gasteiger partial charge in [0.2, 0.25) is 10.0 Å². The lowest BCUT2D eigenvalue weighted by molar-refractivity contribution is 0.0696. The molecule has 0 spiro atoms. The van der Waals surface area contributed by atoms with Gasteiger partial charge in [-0.1, -0.05) is 6.07 Å². The standard InChI is InChI=1S/C12H14N4O4S/c1-8-9(12(17)18)4-3-5-10(8)21(19,20)16(2)6-11-13-7-14-15-11/h3-5,7H,6H2,1-2H3,(H,17,18)(H,13,14,15). The van der Waals surface area contributed by atoms with Crippen LogP contribution < -0.4 is 0 Å². The second-order valence-electron chi connectivity index (χ2n) is 4.43. The summed E-state index contributed by atoms with van der Waals surface area (Å²) in [5.41, 5.74) is 0.165. The van der Waals surface area contributed by atoms with Crippen molar-refractivity contribution in [3.8, 4) is 0 Å². The minimum absolute atomic E-state index is 0.0130. The molecule has 9 heteroatoms. The first kappa shape index (κ1) is 15.1. The molecule has 112 valence electrons. The summed E-state index contributed by atoms with van der Waals surface area (Å²) < 4.78 is 26.1. The molecular weight excluding hydrogens is 296 g/mol. The molecule has 2 aromatic rings. The largest absolute Gasteiger partial charge is 0.478 e. The molecule has 0 unspecified atom stereocenters. The number of aromatic amines is 1. The van der Waals surface area contributed by atoms with Crippen molar-refractivity contribution < 1.29 is 18.3 Å². The van der Waals surface area contributed by atoms with Crippen molar-refractivity contribution in [1.82, 2.24) is 19.5 Å². The number of H-pyrrole nitrogens is 1. The fourth-order valence-corrected chi connectivity index (χ4v) is 3.27. The second-order valence-corrected chi connectivity index (χ2v) is 6.44. The van der Waals surface area contributed by atoms with Crippen LogP contribution in [0.15, 0.2) is 29.4 Å². The topological polar surface area (TPSA) is 116 Å². The number of carboxylic acids is 1. The maximum absolute atomic E-state index is 12.5. The minimum Gasteiger partial charge on any atom is -0.478 e. The van der Waals surface area contributed by atoms with Crippen LogP contribution in [0.1, 0.15) is 21.7 Å². The first-order valence-electron chi connectivity index (χ1n) is 5.97. The highest BCUT2D eigenvalue weighted by Gasteiger charge is 2.25. The Kier molecular flexibility index (Phi) is 4.05. The Morgan fingerprint density at radius 3 is 2.71 bits per heavy atom. The molecule has 0 bridgehead atoms. The molecule has 1 aromatic carbocycles. The number of aromatic carboxylic acids is 1. The summed E-state index contributed by atoms with van der Waals surface area (Å²) in [6, 6.07) is 4.16. The van der Waals surface area contributed by atoms with Crippen molar-refractivity contribution in [3.05, 3.63) is 41.5 Å². The van der Waals surface area contributed by atoms with E-state index in [2.05, 4.69) is 15.2 Å². The van der Waals surface area contributed by atoms with Crippen LogP contribution in [0.3, 0.4) is 0 Å². The Balaban J connectivity index is 2.40. The van der Waals surface area contributed by atoms with Gasteiger partial charge in [0, 0.05) is 7.05 Å². The van der Waals surface area contributed by atoms with Crippen LogP contribution in [0.4, 0.5) is 0 Å². The number of benzene rings is 1. The summed E-state index contributed by atoms with van der Waals surface area (Å²) in [7, 11) is -2.43. The highest BCUT2D eigenvalue weighted by Crippen LogP contribution is 2.22. The summed E-state index contributed by atoms with van der Waals surface area (Å²) in [6.45, 7) is 1.48. The van der Waals surface area contributed by atoms with Crippen molar-refractivity contribution in [2.45, 2.75) is 18.4 Å². The molecular formula is C12H14N4O4S. The summed E-state index contributed by atoms with van der Waals surface area (Å²) in [5.74, 6) is -0.768. The van der Waals surface area contributed by atoms with E-state index in [1.165, 1.54) is 38.5 Å². The normalized spacial score (nSPS) is 11.8. The molecule has 0 aliphatic rings. The van der Waals surface area contributed by atoms with Crippen LogP contribution in [-0.4, -0.2) is 46.0 Å². The third-order valence-corrected chi connectivity index (χ3v) is 4.99. The van der Waals surface area contributed by atoms with E-state index in [1.54, 1.807) is 0 Å². The Morgan fingerprint density at radius 1 is 1.43 bits per heavy atom. The van der Waals surface area contributed by atoms with Gasteiger partial charge in [0.15, 0.2) is 0 Å². The molecule has 8 nitrogen and oxygen atoms in total. The van der Waals surface area contributed by atoms with E-state index in [1.807, 2.05) is 0 Å². The first-order chi connectivity index (χ1) is 9.84. The smallest absolute Gasteiger partial charge is 0.335 e. The molecule has 2 rings (SSSR count). The molecule has 0 aliphatic carbocycles. The van der Waals surface area contributed by atoms with Crippen molar-refractivity contribution in [2.24, 2.45) is 0 Å². The van der Waals surface area contributed by atoms with E-state index in [4.69, 9.17) is 5.11 Å². The average molecular weight is 310 g/mol. The van der Waals surface area contributed by atoms with Gasteiger partial charge in [-0.05, 0) is 24.6 Å². The molecule has 2 N–H and O–H groups in total. The summed E-state index contributed by atoms with van der Waals surface area (Å²) in [6.07, 6.45) is 1.28. The van der Waals surface area contributed by atoms with Crippen LogP contribution >= 0.6 is 0 Å². The predicted molar refractivity (Wildman–Crippen MR) is 73.2 cm³/mol. The number of hydrogen-bond acceptors (Lipinski definition) is 5. The maximum atomic E-state index is 12.5. The lowest BCUT2D eigenvalue weighted by Gasteiger charge is -2.18. The lowest BCUT2D eigenvalue weighted by atomic mass is 10.1. The van der Waals surface area contributed by atoms with Crippen molar-refractivity contribution >= 4 is 16.0 Å². The molecule has 1 aromatic heterocycles. The van der Waals surface area contributed by atoms with Gasteiger partial charge < -0.3 is 5.11 Å². The number of nitrogens with one attached hydrogen (secondary N) is 1. The maximum Gasteiger partial charge on any atom is 0.335 e. The molecule has 0 fully saturated rings. The van der Waals surface area contributed by atoms with Gasteiger partial charge in [-0.3, -0.25) is 5.10 Å². The highest BCUT2D eigenvalue weighted by molar-refractivity contribution is 7.89. The van der Waals surface area contributed by atoms with E-state index in [9.17, 15) is 13.2 Å². The molecule has 21 heavy (non-hydrogen) atoms. The van der Waals surface area contributed by atoms with E-state index >= 15 is 0 Å². The van der Waals surface area contributed by atoms with Crippen molar-refractivity contribution in [1.29, 1.82) is 0 Å². The third-order valence-electron chi connectivity index (χ3n) is 3.04. The molecule has 0 saturated heterocycles. The van der Waals surface area contributed by atoms with Gasteiger partial charge in [-0.2, -0.15) is 9.40 Å². The summed E-state index contributed by atoms with van der Waals surface area (Å²) in [4.78, 5) is 14.9. The Bertz CT molecular complexity index is 756. The zero-order valence-electron chi connectivity index (χ0n) is 11.4. The predicted octanol–water partition coefficient (Wildman–Crippen LogP) is 0.632. The summed E-state index contributed by atoms with van der Waals surface area (Å²) in [5, 5.41) is 15.3. The van der Waals surface area contributed by atoms with Gasteiger partial charge in [0.25, 0.3) is 0 Å². The van der Waals surface area contributed by atoms with E-state index in [0.717, 1.165) is 4.31 Å². The molecule has 1 heterocycles. The minimum atomic E-state index is -3.82. The van der Waals surface area contributed by atoms with Crippen LogP contribution in [-0.2, 0) is 16.6 Å². The van der Waals surface area contributed by atoms with Gasteiger partial charge in [0.05, 0.1) is 17.0 Å². The van der Waals surface area contributed by atoms with E-state index in [0.29, 0.717) is 5.82 Å². The van der Waals surface area contributed by atoms with Crippen LogP contribution in [0.5, 0.6) is 0 Å². The number of rotatable bonds is 5. The molecule has 0 atom stereocenters. The van der Waals surface area contributed by atoms with Gasteiger partial charge >= 0.3 is 5.97 Å². The molecule has 0 radical (unpaired) electrons. The second kappa shape index (κ2) is 5.62. The van der Waals surface area contributed by atoms with E-state index < -0.39 is 16.0 Å². The number of aromatic nitrogens is 3. The fraction of sp³-hybridized carbons (Fsp3) is 0.250. The van der Waals surface area contributed by atoms with Crippen LogP contribution in [0.2, 0.25) is 0 Å². The SMILES string of the molecule is Cc1c(C(=O)O)cccc1S(=O)(=O)N(C)Cc1ncn[nH]1. The quantitative estimate of drug-likeness (QED) is 0.836. The average Bonchev–Trinajstić information content (AvgIpc) is 2.91. The number of carboxylic acid groups (broad SMARTS) is 1. The lowest BCUT2D eigenvalue weighted by Crippen LogP contribution is -2.28. The van der Waals surface area contributed by atoms with E-state index in [-0.39, 0.29) is 22.6 Å². The first-order valence-corrected chi connectivity index (χ1v) is 7.41. The zero-order chi connectivity index (χ0) is 15.6. The Labute approximate surface area is 121 Å². The van der Waals surface area contributed by atoms with Crippen LogP contribution in [0.25, 0.3) is 0 Å². The van der Waals surface area contributed by atoms with Crippen LogP contribution in [0, 0.1) is 6.92 Å². The highest BCUT2D eigenvalue weighted by atomic mass is 32.2. The Hall–Kier alpha value is -2.26. The Morgan fingerprint density at radius 2 is 2.14 bits per heavy atom. The zero-order valence-corrected chi connectivity index (χ0v) is 12.3. The number of nitrogens with zero attached hydrogens (tertiary/aromatic N) is 3. The van der Waals surface area contributed by atoms with Gasteiger partial charge in [0.1, 0.15) is 12.2 Å². The fourth-order valence-electron chi connectivity index (χ4n) is 1.90. The van der Waals surface area contributed by atoms with Crippen molar-refractivity contribution in [3.63, 3.8) is 0 Å².